The van der Waals surface area contributed by atoms with Crippen molar-refractivity contribution in [1.82, 2.24) is 4.72 Å². The largest absolute Gasteiger partial charge is 0.462 e. The van der Waals surface area contributed by atoms with Crippen LogP contribution >= 0.6 is 0 Å². The molecule has 0 heterocycles. The van der Waals surface area contributed by atoms with Gasteiger partial charge in [0, 0.05) is 12.7 Å². The number of hydrogen-bond donors (Lipinski definition) is 2. The Morgan fingerprint density at radius 1 is 1.29 bits per heavy atom. The van der Waals surface area contributed by atoms with Crippen LogP contribution in [0.3, 0.4) is 0 Å². The highest BCUT2D eigenvalue weighted by Crippen LogP contribution is 2.11. The summed E-state index contributed by atoms with van der Waals surface area (Å²) in [6.45, 7) is 2.01. The minimum atomic E-state index is -3.53. The molecule has 0 saturated carbocycles. The molecule has 6 nitrogen and oxygen atoms in total. The van der Waals surface area contributed by atoms with E-state index in [-0.39, 0.29) is 0 Å². The molecular weight excluding hydrogens is 244 g/mol. The van der Waals surface area contributed by atoms with E-state index in [9.17, 15) is 13.2 Å². The number of carbonyl (C=O) groups is 1. The minimum absolute atomic E-state index is 0.299. The molecule has 0 radical (unpaired) electrons. The van der Waals surface area contributed by atoms with Gasteiger partial charge in [-0.15, -0.1) is 0 Å². The summed E-state index contributed by atoms with van der Waals surface area (Å²) in [7, 11) is -2.23. The number of esters is 1. The van der Waals surface area contributed by atoms with Gasteiger partial charge in [0.05, 0.1) is 12.2 Å². The molecule has 1 aromatic rings. The Bertz CT molecular complexity index is 482. The van der Waals surface area contributed by atoms with Gasteiger partial charge in [-0.1, -0.05) is 0 Å². The van der Waals surface area contributed by atoms with E-state index in [0.717, 1.165) is 0 Å². The third-order valence-electron chi connectivity index (χ3n) is 1.92. The summed E-state index contributed by atoms with van der Waals surface area (Å²) < 4.78 is 31.5. The molecular formula is C10H14N2O4S. The quantitative estimate of drug-likeness (QED) is 0.763. The maximum absolute atomic E-state index is 11.3. The molecule has 0 spiro atoms. The molecule has 0 aliphatic heterocycles. The fourth-order valence-electron chi connectivity index (χ4n) is 1.09. The number of anilines is 1. The molecule has 0 fully saturated rings. The molecule has 0 aliphatic rings. The first kappa shape index (κ1) is 13.5. The van der Waals surface area contributed by atoms with E-state index >= 15 is 0 Å². The van der Waals surface area contributed by atoms with Crippen molar-refractivity contribution in [2.45, 2.75) is 6.92 Å². The van der Waals surface area contributed by atoms with Gasteiger partial charge in [0.25, 0.3) is 10.2 Å². The summed E-state index contributed by atoms with van der Waals surface area (Å²) in [5, 5.41) is 0. The number of benzene rings is 1. The van der Waals surface area contributed by atoms with Crippen molar-refractivity contribution in [1.29, 1.82) is 0 Å². The van der Waals surface area contributed by atoms with Gasteiger partial charge < -0.3 is 4.74 Å². The number of nitrogens with one attached hydrogen (secondary N) is 2. The standard InChI is InChI=1S/C10H14N2O4S/c1-3-16-10(13)8-4-6-9(7-5-8)12-17(14,15)11-2/h4-7,11-12H,3H2,1-2H3. The molecule has 0 bridgehead atoms. The predicted octanol–water partition coefficient (Wildman–Crippen LogP) is 0.739. The Hall–Kier alpha value is -1.60. The number of ether oxygens (including phenoxy) is 1. The summed E-state index contributed by atoms with van der Waals surface area (Å²) in [6, 6.07) is 5.96. The minimum Gasteiger partial charge on any atom is -0.462 e. The van der Waals surface area contributed by atoms with Crippen molar-refractivity contribution in [3.8, 4) is 0 Å². The lowest BCUT2D eigenvalue weighted by Gasteiger charge is -2.07. The Kier molecular flexibility index (Phi) is 4.47. The molecule has 0 unspecified atom stereocenters. The topological polar surface area (TPSA) is 84.5 Å². The van der Waals surface area contributed by atoms with E-state index in [4.69, 9.17) is 4.74 Å². The third-order valence-corrected chi connectivity index (χ3v) is 2.96. The van der Waals surface area contributed by atoms with Crippen molar-refractivity contribution in [2.24, 2.45) is 0 Å². The van der Waals surface area contributed by atoms with E-state index in [2.05, 4.69) is 9.44 Å². The average molecular weight is 258 g/mol. The van der Waals surface area contributed by atoms with Crippen LogP contribution in [0.15, 0.2) is 24.3 Å². The molecule has 0 saturated heterocycles. The first-order chi connectivity index (χ1) is 7.98. The maximum Gasteiger partial charge on any atom is 0.338 e. The van der Waals surface area contributed by atoms with Crippen molar-refractivity contribution < 1.29 is 17.9 Å². The zero-order chi connectivity index (χ0) is 12.9. The molecule has 0 aliphatic carbocycles. The van der Waals surface area contributed by atoms with E-state index < -0.39 is 16.2 Å². The highest BCUT2D eigenvalue weighted by atomic mass is 32.2. The SMILES string of the molecule is CCOC(=O)c1ccc(NS(=O)(=O)NC)cc1. The van der Waals surface area contributed by atoms with Crippen molar-refractivity contribution in [2.75, 3.05) is 18.4 Å². The first-order valence-corrected chi connectivity index (χ1v) is 6.45. The van der Waals surface area contributed by atoms with Crippen LogP contribution in [0, 0.1) is 0 Å². The maximum atomic E-state index is 11.3. The van der Waals surface area contributed by atoms with Gasteiger partial charge in [-0.25, -0.2) is 9.52 Å². The molecule has 1 aromatic carbocycles. The number of hydrogen-bond acceptors (Lipinski definition) is 4. The Morgan fingerprint density at radius 2 is 1.88 bits per heavy atom. The van der Waals surface area contributed by atoms with Gasteiger partial charge in [0.15, 0.2) is 0 Å². The molecule has 0 atom stereocenters. The molecule has 7 heteroatoms. The fraction of sp³-hybridized carbons (Fsp3) is 0.300. The lowest BCUT2D eigenvalue weighted by atomic mass is 10.2. The van der Waals surface area contributed by atoms with Crippen LogP contribution in [0.2, 0.25) is 0 Å². The van der Waals surface area contributed by atoms with E-state index in [0.29, 0.717) is 17.9 Å². The highest BCUT2D eigenvalue weighted by Gasteiger charge is 2.08. The normalized spacial score (nSPS) is 10.9. The zero-order valence-corrected chi connectivity index (χ0v) is 10.4. The molecule has 2 N–H and O–H groups in total. The summed E-state index contributed by atoms with van der Waals surface area (Å²) >= 11 is 0. The van der Waals surface area contributed by atoms with Gasteiger partial charge in [0.2, 0.25) is 0 Å². The second kappa shape index (κ2) is 5.65. The average Bonchev–Trinajstić information content (AvgIpc) is 2.30. The van der Waals surface area contributed by atoms with Crippen LogP contribution in [0.4, 0.5) is 5.69 Å². The fourth-order valence-corrected chi connectivity index (χ4v) is 1.64. The van der Waals surface area contributed by atoms with E-state index in [1.165, 1.54) is 31.3 Å². The molecule has 94 valence electrons. The lowest BCUT2D eigenvalue weighted by molar-refractivity contribution is 0.0526. The van der Waals surface area contributed by atoms with Crippen molar-refractivity contribution in [3.63, 3.8) is 0 Å². The molecule has 0 aromatic heterocycles. The van der Waals surface area contributed by atoms with Crippen LogP contribution in [-0.4, -0.2) is 28.0 Å². The van der Waals surface area contributed by atoms with Crippen LogP contribution in [0.25, 0.3) is 0 Å². The van der Waals surface area contributed by atoms with Crippen molar-refractivity contribution in [3.05, 3.63) is 29.8 Å². The monoisotopic (exact) mass is 258 g/mol. The van der Waals surface area contributed by atoms with Crippen LogP contribution in [-0.2, 0) is 14.9 Å². The Morgan fingerprint density at radius 3 is 2.35 bits per heavy atom. The first-order valence-electron chi connectivity index (χ1n) is 4.97. The zero-order valence-electron chi connectivity index (χ0n) is 9.56. The summed E-state index contributed by atoms with van der Waals surface area (Å²) in [4.78, 5) is 11.3. The van der Waals surface area contributed by atoms with Crippen LogP contribution < -0.4 is 9.44 Å². The smallest absolute Gasteiger partial charge is 0.338 e. The van der Waals surface area contributed by atoms with E-state index in [1.807, 2.05) is 0 Å². The lowest BCUT2D eigenvalue weighted by Crippen LogP contribution is -2.26. The molecule has 0 amide bonds. The summed E-state index contributed by atoms with van der Waals surface area (Å²) in [5.41, 5.74) is 0.742. The van der Waals surface area contributed by atoms with Crippen LogP contribution in [0.5, 0.6) is 0 Å². The van der Waals surface area contributed by atoms with Crippen molar-refractivity contribution >= 4 is 21.9 Å². The Balaban J connectivity index is 2.78. The highest BCUT2D eigenvalue weighted by molar-refractivity contribution is 7.90. The van der Waals surface area contributed by atoms with Gasteiger partial charge in [-0.3, -0.25) is 4.72 Å². The van der Waals surface area contributed by atoms with Gasteiger partial charge >= 0.3 is 5.97 Å². The van der Waals surface area contributed by atoms with Gasteiger partial charge in [-0.2, -0.15) is 8.42 Å². The number of rotatable bonds is 5. The summed E-state index contributed by atoms with van der Waals surface area (Å²) in [5.74, 6) is -0.435. The molecule has 17 heavy (non-hydrogen) atoms. The third kappa shape index (κ3) is 4.04. The second-order valence-corrected chi connectivity index (χ2v) is 4.73. The van der Waals surface area contributed by atoms with Crippen LogP contribution in [0.1, 0.15) is 17.3 Å². The van der Waals surface area contributed by atoms with E-state index in [1.54, 1.807) is 6.92 Å². The predicted molar refractivity (Wildman–Crippen MR) is 64.0 cm³/mol. The molecule has 1 rings (SSSR count). The number of carbonyl (C=O) groups excluding carboxylic acids is 1. The van der Waals surface area contributed by atoms with Gasteiger partial charge in [-0.05, 0) is 31.2 Å². The second-order valence-electron chi connectivity index (χ2n) is 3.11. The Labute approximate surface area is 100 Å². The summed E-state index contributed by atoms with van der Waals surface area (Å²) in [6.07, 6.45) is 0. The van der Waals surface area contributed by atoms with Gasteiger partial charge in [0.1, 0.15) is 0 Å².